The first-order valence-corrected chi connectivity index (χ1v) is 16.3. The lowest BCUT2D eigenvalue weighted by Crippen LogP contribution is -2.20. The van der Waals surface area contributed by atoms with Gasteiger partial charge in [-0.2, -0.15) is 4.39 Å². The van der Waals surface area contributed by atoms with Gasteiger partial charge in [-0.15, -0.1) is 0 Å². The predicted molar refractivity (Wildman–Crippen MR) is 166 cm³/mol. The molecule has 1 unspecified atom stereocenters. The van der Waals surface area contributed by atoms with Gasteiger partial charge in [0.1, 0.15) is 11.9 Å². The van der Waals surface area contributed by atoms with E-state index in [-0.39, 0.29) is 17.6 Å². The highest BCUT2D eigenvalue weighted by Crippen LogP contribution is 2.38. The normalized spacial score (nSPS) is 13.6. The second-order valence-corrected chi connectivity index (χ2v) is 11.8. The molecule has 2 aromatic carbocycles. The van der Waals surface area contributed by atoms with E-state index in [0.29, 0.717) is 11.7 Å². The molecular formula is C36H46F2N2O3. The molecule has 0 spiro atoms. The molecule has 0 radical (unpaired) electrons. The van der Waals surface area contributed by atoms with Crippen LogP contribution < -0.4 is 9.47 Å². The second kappa shape index (κ2) is 17.1. The number of hydrogen-bond donors (Lipinski definition) is 0. The van der Waals surface area contributed by atoms with Crippen molar-refractivity contribution in [1.29, 1.82) is 0 Å². The number of benzene rings is 2. The molecule has 1 aliphatic rings. The monoisotopic (exact) mass is 592 g/mol. The van der Waals surface area contributed by atoms with Gasteiger partial charge in [0.25, 0.3) is 0 Å². The van der Waals surface area contributed by atoms with Crippen LogP contribution in [0.25, 0.3) is 11.4 Å². The van der Waals surface area contributed by atoms with Gasteiger partial charge in [0.05, 0.1) is 5.56 Å². The highest BCUT2D eigenvalue weighted by molar-refractivity contribution is 5.91. The van der Waals surface area contributed by atoms with Crippen molar-refractivity contribution in [2.24, 2.45) is 5.92 Å². The molecule has 1 saturated carbocycles. The Morgan fingerprint density at radius 2 is 1.44 bits per heavy atom. The maximum absolute atomic E-state index is 14.8. The van der Waals surface area contributed by atoms with Crippen LogP contribution in [0.4, 0.5) is 8.78 Å². The topological polar surface area (TPSA) is 61.3 Å². The third-order valence-corrected chi connectivity index (χ3v) is 8.11. The van der Waals surface area contributed by atoms with E-state index in [1.165, 1.54) is 69.9 Å². The fraction of sp³-hybridized carbons (Fsp3) is 0.528. The first kappa shape index (κ1) is 32.6. The van der Waals surface area contributed by atoms with Crippen LogP contribution in [-0.4, -0.2) is 22.0 Å². The molecular weight excluding hydrogens is 546 g/mol. The van der Waals surface area contributed by atoms with Gasteiger partial charge >= 0.3 is 5.97 Å². The summed E-state index contributed by atoms with van der Waals surface area (Å²) >= 11 is 0. The zero-order valence-corrected chi connectivity index (χ0v) is 25.8. The Labute approximate surface area is 255 Å². The van der Waals surface area contributed by atoms with Crippen LogP contribution in [0.2, 0.25) is 0 Å². The van der Waals surface area contributed by atoms with Crippen LogP contribution in [0.1, 0.15) is 120 Å². The molecule has 0 N–H and O–H groups in total. The summed E-state index contributed by atoms with van der Waals surface area (Å²) in [6.07, 6.45) is 21.4. The third-order valence-electron chi connectivity index (χ3n) is 8.11. The molecule has 1 fully saturated rings. The highest BCUT2D eigenvalue weighted by atomic mass is 19.2. The number of carbonyl (C=O) groups excluding carboxylic acids is 1. The fourth-order valence-electron chi connectivity index (χ4n) is 5.37. The lowest BCUT2D eigenvalue weighted by molar-refractivity contribution is 0.0728. The molecule has 1 aromatic heterocycles. The molecule has 4 rings (SSSR count). The van der Waals surface area contributed by atoms with Gasteiger partial charge in [0.2, 0.25) is 5.82 Å². The average molecular weight is 593 g/mol. The number of carbonyl (C=O) groups is 1. The average Bonchev–Trinajstić information content (AvgIpc) is 3.87. The number of unbranched alkanes of at least 4 members (excludes halogenated alkanes) is 9. The molecule has 0 bridgehead atoms. The Morgan fingerprint density at radius 3 is 2.05 bits per heavy atom. The predicted octanol–water partition coefficient (Wildman–Crippen LogP) is 10.1. The number of nitrogens with zero attached hydrogens (tertiary/aromatic N) is 2. The van der Waals surface area contributed by atoms with Crippen molar-refractivity contribution in [3.8, 4) is 22.9 Å². The van der Waals surface area contributed by atoms with Gasteiger partial charge in [0.15, 0.2) is 17.4 Å². The smallest absolute Gasteiger partial charge is 0.346 e. The van der Waals surface area contributed by atoms with Gasteiger partial charge < -0.3 is 9.47 Å². The number of ether oxygens (including phenoxy) is 2. The highest BCUT2D eigenvalue weighted by Gasteiger charge is 2.33. The maximum Gasteiger partial charge on any atom is 0.346 e. The summed E-state index contributed by atoms with van der Waals surface area (Å²) < 4.78 is 40.7. The standard InChI is InChI=1S/C36H46F2N2O3/c1-3-5-6-7-8-9-10-11-12-13-15-26-24-39-35(40-25-26)28-18-20-29(21-19-28)42-36(41)30-22-23-32(34(38)33(30)37)43-31(14-4-2)27-16-17-27/h18-25,27,31H,3-17H2,1-2H3. The van der Waals surface area contributed by atoms with Crippen molar-refractivity contribution in [2.75, 3.05) is 0 Å². The molecule has 43 heavy (non-hydrogen) atoms. The second-order valence-electron chi connectivity index (χ2n) is 11.8. The van der Waals surface area contributed by atoms with Gasteiger partial charge in [0, 0.05) is 18.0 Å². The van der Waals surface area contributed by atoms with Gasteiger partial charge in [-0.25, -0.2) is 19.2 Å². The number of rotatable bonds is 19. The van der Waals surface area contributed by atoms with Crippen molar-refractivity contribution in [1.82, 2.24) is 9.97 Å². The molecule has 3 aromatic rings. The lowest BCUT2D eigenvalue weighted by Gasteiger charge is -2.19. The van der Waals surface area contributed by atoms with E-state index in [2.05, 4.69) is 16.9 Å². The lowest BCUT2D eigenvalue weighted by atomic mass is 10.0. The molecule has 0 saturated heterocycles. The Hall–Kier alpha value is -3.35. The minimum Gasteiger partial charge on any atom is -0.487 e. The fourth-order valence-corrected chi connectivity index (χ4v) is 5.37. The Bertz CT molecular complexity index is 1280. The van der Waals surface area contributed by atoms with Crippen LogP contribution in [0, 0.1) is 17.6 Å². The van der Waals surface area contributed by atoms with Crippen LogP contribution in [-0.2, 0) is 6.42 Å². The molecule has 1 aliphatic carbocycles. The summed E-state index contributed by atoms with van der Waals surface area (Å²) in [4.78, 5) is 21.7. The van der Waals surface area contributed by atoms with E-state index in [0.717, 1.165) is 49.7 Å². The van der Waals surface area contributed by atoms with Gasteiger partial charge in [-0.05, 0) is 80.0 Å². The van der Waals surface area contributed by atoms with Crippen molar-refractivity contribution >= 4 is 5.97 Å². The Balaban J connectivity index is 1.23. The number of hydrogen-bond acceptors (Lipinski definition) is 5. The number of esters is 1. The van der Waals surface area contributed by atoms with E-state index in [4.69, 9.17) is 9.47 Å². The van der Waals surface area contributed by atoms with E-state index in [9.17, 15) is 13.6 Å². The van der Waals surface area contributed by atoms with Crippen molar-refractivity contribution < 1.29 is 23.0 Å². The summed E-state index contributed by atoms with van der Waals surface area (Å²) in [5.41, 5.74) is 1.41. The van der Waals surface area contributed by atoms with E-state index in [1.807, 2.05) is 19.3 Å². The molecule has 232 valence electrons. The maximum atomic E-state index is 14.8. The minimum absolute atomic E-state index is 0.139. The third kappa shape index (κ3) is 10.1. The molecule has 5 nitrogen and oxygen atoms in total. The zero-order valence-electron chi connectivity index (χ0n) is 25.8. The summed E-state index contributed by atoms with van der Waals surface area (Å²) in [6.45, 7) is 4.28. The molecule has 1 atom stereocenters. The zero-order chi connectivity index (χ0) is 30.4. The summed E-state index contributed by atoms with van der Waals surface area (Å²) in [5.74, 6) is -2.41. The Morgan fingerprint density at radius 1 is 0.814 bits per heavy atom. The summed E-state index contributed by atoms with van der Waals surface area (Å²) in [5, 5.41) is 0. The van der Waals surface area contributed by atoms with E-state index < -0.39 is 23.2 Å². The molecule has 7 heteroatoms. The largest absolute Gasteiger partial charge is 0.487 e. The first-order valence-electron chi connectivity index (χ1n) is 16.3. The van der Waals surface area contributed by atoms with Crippen molar-refractivity contribution in [3.63, 3.8) is 0 Å². The van der Waals surface area contributed by atoms with Crippen LogP contribution in [0.15, 0.2) is 48.8 Å². The van der Waals surface area contributed by atoms with Crippen LogP contribution >= 0.6 is 0 Å². The number of aromatic nitrogens is 2. The quantitative estimate of drug-likeness (QED) is 0.0787. The van der Waals surface area contributed by atoms with Crippen LogP contribution in [0.5, 0.6) is 11.5 Å². The van der Waals surface area contributed by atoms with Gasteiger partial charge in [-0.1, -0.05) is 78.1 Å². The number of aryl methyl sites for hydroxylation is 1. The van der Waals surface area contributed by atoms with Gasteiger partial charge in [-0.3, -0.25) is 0 Å². The molecule has 0 amide bonds. The van der Waals surface area contributed by atoms with Crippen LogP contribution in [0.3, 0.4) is 0 Å². The Kier molecular flexibility index (Phi) is 12.9. The van der Waals surface area contributed by atoms with Crippen molar-refractivity contribution in [2.45, 2.75) is 116 Å². The first-order chi connectivity index (χ1) is 21.0. The minimum atomic E-state index is -1.27. The van der Waals surface area contributed by atoms with E-state index >= 15 is 0 Å². The number of halogens is 2. The van der Waals surface area contributed by atoms with E-state index in [1.54, 1.807) is 24.3 Å². The summed E-state index contributed by atoms with van der Waals surface area (Å²) in [7, 11) is 0. The summed E-state index contributed by atoms with van der Waals surface area (Å²) in [6, 6.07) is 9.17. The molecule has 1 heterocycles. The SMILES string of the molecule is CCCCCCCCCCCCc1cnc(-c2ccc(OC(=O)c3ccc(OC(CCC)C4CC4)c(F)c3F)cc2)nc1. The molecule has 0 aliphatic heterocycles. The van der Waals surface area contributed by atoms with Crippen molar-refractivity contribution in [3.05, 3.63) is 71.6 Å².